The van der Waals surface area contributed by atoms with Crippen LogP contribution in [0, 0.1) is 11.3 Å². The van der Waals surface area contributed by atoms with Crippen LogP contribution in [0.15, 0.2) is 66.6 Å². The van der Waals surface area contributed by atoms with Gasteiger partial charge in [-0.15, -0.1) is 0 Å². The Hall–Kier alpha value is -4.30. The van der Waals surface area contributed by atoms with Gasteiger partial charge in [0.15, 0.2) is 5.82 Å². The minimum atomic E-state index is -4.58. The Balaban J connectivity index is 1.61. The highest BCUT2D eigenvalue weighted by Gasteiger charge is 2.43. The van der Waals surface area contributed by atoms with E-state index in [9.17, 15) is 23.1 Å². The number of anilines is 1. The summed E-state index contributed by atoms with van der Waals surface area (Å²) >= 11 is 0. The molecule has 0 saturated heterocycles. The molecule has 196 valence electrons. The number of aliphatic hydroxyl groups is 1. The first-order chi connectivity index (χ1) is 18.2. The smallest absolute Gasteiger partial charge is 0.356 e. The molecule has 1 aromatic heterocycles. The van der Waals surface area contributed by atoms with E-state index in [4.69, 9.17) is 5.26 Å². The van der Waals surface area contributed by atoms with Gasteiger partial charge in [-0.25, -0.2) is 14.7 Å². The Kier molecular flexibility index (Phi) is 6.59. The summed E-state index contributed by atoms with van der Waals surface area (Å²) in [6.07, 6.45) is 0.593. The van der Waals surface area contributed by atoms with Gasteiger partial charge < -0.3 is 10.4 Å². The van der Waals surface area contributed by atoms with Gasteiger partial charge in [-0.1, -0.05) is 18.9 Å². The highest BCUT2D eigenvalue weighted by Crippen LogP contribution is 2.40. The summed E-state index contributed by atoms with van der Waals surface area (Å²) in [6.45, 7) is 1.62. The lowest BCUT2D eigenvalue weighted by Crippen LogP contribution is -2.49. The van der Waals surface area contributed by atoms with Crippen molar-refractivity contribution in [3.8, 4) is 11.8 Å². The van der Waals surface area contributed by atoms with Gasteiger partial charge in [0.2, 0.25) is 6.35 Å². The summed E-state index contributed by atoms with van der Waals surface area (Å²) in [6, 6.07) is 12.8. The van der Waals surface area contributed by atoms with Crippen molar-refractivity contribution in [1.29, 1.82) is 5.26 Å². The van der Waals surface area contributed by atoms with E-state index in [1.54, 1.807) is 42.0 Å². The summed E-state index contributed by atoms with van der Waals surface area (Å²) in [5.41, 5.74) is 0.925. The van der Waals surface area contributed by atoms with Gasteiger partial charge in [0, 0.05) is 35.5 Å². The standard InChI is InChI=1S/C27H25F3N6O2/c1-17-23(24-32-13-14-34(24)21-11-9-18(16-31)10-12-21)36(25(37)33-20-6-2-3-7-20)26(38)35(17)22-8-4-5-19(15-22)27(28,29)30/h4-5,8-15,20,26,38H,2-3,6-7H2,1H3,(H,33,37). The number of aliphatic hydroxyl groups excluding tert-OH is 1. The van der Waals surface area contributed by atoms with E-state index in [1.165, 1.54) is 23.2 Å². The van der Waals surface area contributed by atoms with Crippen molar-refractivity contribution in [2.45, 2.75) is 51.2 Å². The first-order valence-electron chi connectivity index (χ1n) is 12.2. The number of carbonyl (C=O) groups excluding carboxylic acids is 1. The van der Waals surface area contributed by atoms with Crippen LogP contribution in [0.25, 0.3) is 11.4 Å². The zero-order valence-corrected chi connectivity index (χ0v) is 20.5. The topological polar surface area (TPSA) is 97.4 Å². The number of hydrogen-bond acceptors (Lipinski definition) is 5. The van der Waals surface area contributed by atoms with Crippen LogP contribution < -0.4 is 10.2 Å². The molecule has 0 spiro atoms. The Morgan fingerprint density at radius 3 is 2.50 bits per heavy atom. The quantitative estimate of drug-likeness (QED) is 0.491. The summed E-state index contributed by atoms with van der Waals surface area (Å²) in [7, 11) is 0. The number of benzene rings is 2. The molecule has 11 heteroatoms. The van der Waals surface area contributed by atoms with Gasteiger partial charge in [0.05, 0.1) is 17.2 Å². The second-order valence-corrected chi connectivity index (χ2v) is 9.28. The van der Waals surface area contributed by atoms with E-state index >= 15 is 0 Å². The molecule has 1 fully saturated rings. The number of aromatic nitrogens is 2. The lowest BCUT2D eigenvalue weighted by molar-refractivity contribution is -0.137. The number of nitrogens with one attached hydrogen (secondary N) is 1. The fourth-order valence-corrected chi connectivity index (χ4v) is 5.03. The monoisotopic (exact) mass is 522 g/mol. The normalized spacial score (nSPS) is 18.3. The minimum Gasteiger partial charge on any atom is -0.356 e. The summed E-state index contributed by atoms with van der Waals surface area (Å²) in [5, 5.41) is 23.5. The zero-order chi connectivity index (χ0) is 27.0. The molecule has 5 rings (SSSR count). The van der Waals surface area contributed by atoms with Gasteiger partial charge in [0.1, 0.15) is 5.70 Å². The van der Waals surface area contributed by atoms with Gasteiger partial charge in [-0.05, 0) is 62.2 Å². The molecular formula is C27H25F3N6O2. The molecule has 1 saturated carbocycles. The molecule has 2 heterocycles. The second-order valence-electron chi connectivity index (χ2n) is 9.28. The number of hydrogen-bond donors (Lipinski definition) is 2. The summed E-state index contributed by atoms with van der Waals surface area (Å²) < 4.78 is 42.1. The Bertz CT molecular complexity index is 1420. The molecule has 1 atom stereocenters. The predicted molar refractivity (Wildman–Crippen MR) is 133 cm³/mol. The van der Waals surface area contributed by atoms with Gasteiger partial charge in [-0.2, -0.15) is 18.4 Å². The summed E-state index contributed by atoms with van der Waals surface area (Å²) in [5.74, 6) is 0.308. The van der Waals surface area contributed by atoms with Crippen molar-refractivity contribution in [2.24, 2.45) is 0 Å². The van der Waals surface area contributed by atoms with Crippen LogP contribution in [0.1, 0.15) is 49.6 Å². The van der Waals surface area contributed by atoms with Crippen molar-refractivity contribution in [3.63, 3.8) is 0 Å². The van der Waals surface area contributed by atoms with E-state index in [1.807, 2.05) is 0 Å². The van der Waals surface area contributed by atoms with E-state index in [0.29, 0.717) is 22.8 Å². The van der Waals surface area contributed by atoms with Gasteiger partial charge in [-0.3, -0.25) is 9.47 Å². The maximum absolute atomic E-state index is 13.5. The number of nitrogens with zero attached hydrogens (tertiary/aromatic N) is 5. The van der Waals surface area contributed by atoms with Crippen molar-refractivity contribution in [3.05, 3.63) is 83.6 Å². The second kappa shape index (κ2) is 9.87. The van der Waals surface area contributed by atoms with Crippen molar-refractivity contribution in [2.75, 3.05) is 4.90 Å². The molecule has 2 amide bonds. The molecule has 38 heavy (non-hydrogen) atoms. The minimum absolute atomic E-state index is 0.0582. The van der Waals surface area contributed by atoms with Crippen LogP contribution in [0.4, 0.5) is 23.7 Å². The molecule has 2 aromatic carbocycles. The third-order valence-electron chi connectivity index (χ3n) is 6.89. The Morgan fingerprint density at radius 1 is 1.13 bits per heavy atom. The first kappa shape index (κ1) is 25.4. The third kappa shape index (κ3) is 4.59. The number of carbonyl (C=O) groups is 1. The average Bonchev–Trinajstić information content (AvgIpc) is 3.63. The third-order valence-corrected chi connectivity index (χ3v) is 6.89. The van der Waals surface area contributed by atoms with Crippen molar-refractivity contribution in [1.82, 2.24) is 19.8 Å². The molecule has 2 N–H and O–H groups in total. The number of allylic oxidation sites excluding steroid dienone is 1. The number of halogens is 3. The summed E-state index contributed by atoms with van der Waals surface area (Å²) in [4.78, 5) is 20.4. The molecule has 0 radical (unpaired) electrons. The number of urea groups is 1. The fraction of sp³-hybridized carbons (Fsp3) is 0.296. The van der Waals surface area contributed by atoms with Crippen molar-refractivity contribution < 1.29 is 23.1 Å². The SMILES string of the molecule is CC1=C(c2nccn2-c2ccc(C#N)cc2)N(C(=O)NC2CCCC2)C(O)N1c1cccc(C(F)(F)F)c1. The van der Waals surface area contributed by atoms with E-state index < -0.39 is 24.1 Å². The van der Waals surface area contributed by atoms with E-state index in [0.717, 1.165) is 42.7 Å². The molecule has 2 aliphatic rings. The van der Waals surface area contributed by atoms with Crippen LogP contribution >= 0.6 is 0 Å². The Morgan fingerprint density at radius 2 is 1.84 bits per heavy atom. The van der Waals surface area contributed by atoms with Crippen molar-refractivity contribution >= 4 is 17.4 Å². The zero-order valence-electron chi connectivity index (χ0n) is 20.5. The van der Waals surface area contributed by atoms with Crippen LogP contribution in [0.3, 0.4) is 0 Å². The van der Waals surface area contributed by atoms with Crippen LogP contribution in [-0.4, -0.2) is 38.0 Å². The number of nitriles is 1. The lowest BCUT2D eigenvalue weighted by Gasteiger charge is -2.30. The highest BCUT2D eigenvalue weighted by atomic mass is 19.4. The lowest BCUT2D eigenvalue weighted by atomic mass is 10.1. The fourth-order valence-electron chi connectivity index (χ4n) is 5.03. The molecule has 1 aliphatic carbocycles. The number of amides is 2. The molecule has 8 nitrogen and oxygen atoms in total. The maximum atomic E-state index is 13.5. The first-order valence-corrected chi connectivity index (χ1v) is 12.2. The molecule has 3 aromatic rings. The number of imidazole rings is 1. The maximum Gasteiger partial charge on any atom is 0.416 e. The van der Waals surface area contributed by atoms with Crippen LogP contribution in [0.5, 0.6) is 0 Å². The highest BCUT2D eigenvalue weighted by molar-refractivity contribution is 5.90. The Labute approximate surface area is 217 Å². The number of alkyl halides is 3. The molecule has 1 unspecified atom stereocenters. The van der Waals surface area contributed by atoms with E-state index in [-0.39, 0.29) is 17.4 Å². The average molecular weight is 523 g/mol. The number of rotatable bonds is 4. The van der Waals surface area contributed by atoms with Crippen LogP contribution in [-0.2, 0) is 6.18 Å². The largest absolute Gasteiger partial charge is 0.416 e. The van der Waals surface area contributed by atoms with Gasteiger partial charge in [0.25, 0.3) is 0 Å². The van der Waals surface area contributed by atoms with Crippen LogP contribution in [0.2, 0.25) is 0 Å². The molecule has 0 bridgehead atoms. The molecular weight excluding hydrogens is 497 g/mol. The predicted octanol–water partition coefficient (Wildman–Crippen LogP) is 5.20. The van der Waals surface area contributed by atoms with E-state index in [2.05, 4.69) is 16.4 Å². The van der Waals surface area contributed by atoms with Gasteiger partial charge >= 0.3 is 12.2 Å². The molecule has 1 aliphatic heterocycles.